The second-order valence-electron chi connectivity index (χ2n) is 5.64. The average molecular weight is 384 g/mol. The first kappa shape index (κ1) is 18.7. The Hall–Kier alpha value is -3.12. The molecule has 2 aromatic rings. The number of hydrogen-bond donors (Lipinski definition) is 3. The molecule has 0 radical (unpaired) electrons. The number of carboxylic acids is 1. The van der Waals surface area contributed by atoms with Crippen molar-refractivity contribution in [1.82, 2.24) is 19.7 Å². The Balaban J connectivity index is 2.07. The minimum absolute atomic E-state index is 0.0531. The molecule has 1 aliphatic heterocycles. The van der Waals surface area contributed by atoms with Gasteiger partial charge in [0.25, 0.3) is 11.5 Å². The van der Waals surface area contributed by atoms with Crippen LogP contribution < -0.4 is 10.9 Å². The standard InChI is InChI=1S/C15H14F2N4O6/c16-14(17)20-7-8(1-2-10(20)22)21-5-3-9(19-21)15(11(23)12(24)25)13(26)18-4-6-27-15/h1-3,5,7,11,14,23H,4,6H2,(H,18,26)(H,24,25)/t11?,15-/m1/s1. The highest BCUT2D eigenvalue weighted by atomic mass is 19.3. The molecule has 1 aliphatic rings. The number of aliphatic hydroxyl groups is 1. The average Bonchev–Trinajstić information content (AvgIpc) is 3.12. The first-order valence-electron chi connectivity index (χ1n) is 7.67. The molecule has 10 nitrogen and oxygen atoms in total. The molecule has 3 N–H and O–H groups in total. The summed E-state index contributed by atoms with van der Waals surface area (Å²) in [6.07, 6.45) is -0.144. The van der Waals surface area contributed by atoms with Crippen molar-refractivity contribution in [3.8, 4) is 5.69 Å². The molecular formula is C15H14F2N4O6. The molecule has 0 bridgehead atoms. The lowest BCUT2D eigenvalue weighted by molar-refractivity contribution is -0.191. The quantitative estimate of drug-likeness (QED) is 0.615. The van der Waals surface area contributed by atoms with Gasteiger partial charge < -0.3 is 20.3 Å². The van der Waals surface area contributed by atoms with Crippen LogP contribution >= 0.6 is 0 Å². The van der Waals surface area contributed by atoms with Crippen LogP contribution in [0.5, 0.6) is 0 Å². The SMILES string of the molecule is O=C(O)C(O)[C@@]1(c2ccn(-c3ccc(=O)n(C(F)F)c3)n2)OCCNC1=O. The number of aromatic nitrogens is 3. The smallest absolute Gasteiger partial charge is 0.336 e. The summed E-state index contributed by atoms with van der Waals surface area (Å²) in [5.41, 5.74) is -3.40. The van der Waals surface area contributed by atoms with E-state index in [2.05, 4.69) is 10.4 Å². The zero-order chi connectivity index (χ0) is 19.8. The lowest BCUT2D eigenvalue weighted by Crippen LogP contribution is -2.61. The highest BCUT2D eigenvalue weighted by Crippen LogP contribution is 2.31. The van der Waals surface area contributed by atoms with Gasteiger partial charge in [0.15, 0.2) is 6.10 Å². The number of carboxylic acid groups (broad SMARTS) is 1. The number of aliphatic hydroxyl groups excluding tert-OH is 1. The van der Waals surface area contributed by atoms with E-state index in [9.17, 15) is 28.3 Å². The van der Waals surface area contributed by atoms with Gasteiger partial charge in [0.2, 0.25) is 5.60 Å². The van der Waals surface area contributed by atoms with Gasteiger partial charge in [-0.15, -0.1) is 0 Å². The predicted octanol–water partition coefficient (Wildman–Crippen LogP) is -0.784. The van der Waals surface area contributed by atoms with Crippen LogP contribution in [0.4, 0.5) is 8.78 Å². The van der Waals surface area contributed by atoms with Crippen molar-refractivity contribution in [3.05, 3.63) is 46.6 Å². The van der Waals surface area contributed by atoms with Crippen molar-refractivity contribution in [2.45, 2.75) is 18.3 Å². The maximum absolute atomic E-state index is 12.9. The maximum Gasteiger partial charge on any atom is 0.336 e. The molecule has 144 valence electrons. The normalized spacial score (nSPS) is 21.1. The summed E-state index contributed by atoms with van der Waals surface area (Å²) in [6.45, 7) is -3.02. The molecule has 2 atom stereocenters. The number of alkyl halides is 2. The molecule has 3 rings (SSSR count). The van der Waals surface area contributed by atoms with Crippen molar-refractivity contribution in [3.63, 3.8) is 0 Å². The molecule has 1 saturated heterocycles. The number of carbonyl (C=O) groups is 2. The van der Waals surface area contributed by atoms with Gasteiger partial charge in [-0.2, -0.15) is 13.9 Å². The number of halogens is 2. The lowest BCUT2D eigenvalue weighted by atomic mass is 9.90. The van der Waals surface area contributed by atoms with E-state index in [4.69, 9.17) is 9.84 Å². The molecule has 1 unspecified atom stereocenters. The van der Waals surface area contributed by atoms with E-state index < -0.39 is 35.7 Å². The van der Waals surface area contributed by atoms with Crippen LogP contribution in [0.3, 0.4) is 0 Å². The van der Waals surface area contributed by atoms with Gasteiger partial charge >= 0.3 is 12.5 Å². The molecule has 2 aromatic heterocycles. The van der Waals surface area contributed by atoms with Crippen molar-refractivity contribution >= 4 is 11.9 Å². The molecule has 1 amide bonds. The summed E-state index contributed by atoms with van der Waals surface area (Å²) in [6, 6.07) is 3.35. The highest BCUT2D eigenvalue weighted by Gasteiger charge is 2.55. The molecule has 0 saturated carbocycles. The second-order valence-corrected chi connectivity index (χ2v) is 5.64. The van der Waals surface area contributed by atoms with E-state index in [-0.39, 0.29) is 29.1 Å². The van der Waals surface area contributed by atoms with Gasteiger partial charge in [0.05, 0.1) is 12.3 Å². The number of ether oxygens (including phenoxy) is 1. The first-order chi connectivity index (χ1) is 12.8. The van der Waals surface area contributed by atoms with Crippen LogP contribution in [0.2, 0.25) is 0 Å². The number of nitrogens with zero attached hydrogens (tertiary/aromatic N) is 3. The number of hydrogen-bond acceptors (Lipinski definition) is 6. The van der Waals surface area contributed by atoms with Crippen LogP contribution in [0, 0.1) is 0 Å². The number of aliphatic carboxylic acids is 1. The van der Waals surface area contributed by atoms with Gasteiger partial charge in [-0.1, -0.05) is 0 Å². The highest BCUT2D eigenvalue weighted by molar-refractivity contribution is 5.93. The van der Waals surface area contributed by atoms with Gasteiger partial charge in [-0.3, -0.25) is 14.2 Å². The number of rotatable bonds is 5. The second kappa shape index (κ2) is 6.89. The van der Waals surface area contributed by atoms with Crippen LogP contribution in [0.15, 0.2) is 35.4 Å². The summed E-state index contributed by atoms with van der Waals surface area (Å²) in [5, 5.41) is 25.7. The van der Waals surface area contributed by atoms with Gasteiger partial charge in [-0.05, 0) is 12.1 Å². The number of amides is 1. The van der Waals surface area contributed by atoms with E-state index >= 15 is 0 Å². The molecule has 1 fully saturated rings. The fourth-order valence-corrected chi connectivity index (χ4v) is 2.73. The number of pyridine rings is 1. The molecule has 0 aromatic carbocycles. The summed E-state index contributed by atoms with van der Waals surface area (Å²) in [7, 11) is 0. The lowest BCUT2D eigenvalue weighted by Gasteiger charge is -2.36. The Morgan fingerprint density at radius 1 is 1.33 bits per heavy atom. The third-order valence-corrected chi connectivity index (χ3v) is 4.04. The predicted molar refractivity (Wildman–Crippen MR) is 83.4 cm³/mol. The third kappa shape index (κ3) is 3.08. The largest absolute Gasteiger partial charge is 0.479 e. The van der Waals surface area contributed by atoms with E-state index in [1.807, 2.05) is 0 Å². The van der Waals surface area contributed by atoms with Crippen LogP contribution in [-0.2, 0) is 19.9 Å². The Kier molecular flexibility index (Phi) is 4.76. The Labute approximate surface area is 149 Å². The summed E-state index contributed by atoms with van der Waals surface area (Å²) < 4.78 is 32.3. The molecular weight excluding hydrogens is 370 g/mol. The van der Waals surface area contributed by atoms with E-state index in [0.717, 1.165) is 16.9 Å². The first-order valence-corrected chi connectivity index (χ1v) is 7.67. The fourth-order valence-electron chi connectivity index (χ4n) is 2.73. The Morgan fingerprint density at radius 2 is 2.07 bits per heavy atom. The Morgan fingerprint density at radius 3 is 2.70 bits per heavy atom. The summed E-state index contributed by atoms with van der Waals surface area (Å²) in [5.74, 6) is -2.60. The molecule has 0 aliphatic carbocycles. The number of morpholine rings is 1. The van der Waals surface area contributed by atoms with Gasteiger partial charge in [0.1, 0.15) is 5.69 Å². The van der Waals surface area contributed by atoms with Gasteiger partial charge in [-0.25, -0.2) is 9.48 Å². The van der Waals surface area contributed by atoms with E-state index in [1.165, 1.54) is 18.3 Å². The van der Waals surface area contributed by atoms with Crippen LogP contribution in [-0.4, -0.2) is 55.7 Å². The molecule has 0 spiro atoms. The topological polar surface area (TPSA) is 136 Å². The summed E-state index contributed by atoms with van der Waals surface area (Å²) >= 11 is 0. The van der Waals surface area contributed by atoms with E-state index in [0.29, 0.717) is 0 Å². The van der Waals surface area contributed by atoms with Crippen molar-refractivity contribution < 1.29 is 33.3 Å². The van der Waals surface area contributed by atoms with Crippen molar-refractivity contribution in [2.24, 2.45) is 0 Å². The summed E-state index contributed by atoms with van der Waals surface area (Å²) in [4.78, 5) is 35.1. The minimum Gasteiger partial charge on any atom is -0.479 e. The Bertz CT molecular complexity index is 942. The monoisotopic (exact) mass is 384 g/mol. The van der Waals surface area contributed by atoms with Crippen LogP contribution in [0.25, 0.3) is 5.69 Å². The zero-order valence-corrected chi connectivity index (χ0v) is 13.6. The maximum atomic E-state index is 12.9. The third-order valence-electron chi connectivity index (χ3n) is 4.04. The fraction of sp³-hybridized carbons (Fsp3) is 0.333. The van der Waals surface area contributed by atoms with Crippen molar-refractivity contribution in [1.29, 1.82) is 0 Å². The number of nitrogens with one attached hydrogen (secondary N) is 1. The van der Waals surface area contributed by atoms with Crippen LogP contribution in [0.1, 0.15) is 12.2 Å². The van der Waals surface area contributed by atoms with Crippen molar-refractivity contribution in [2.75, 3.05) is 13.2 Å². The zero-order valence-electron chi connectivity index (χ0n) is 13.6. The minimum atomic E-state index is -3.07. The van der Waals surface area contributed by atoms with Gasteiger partial charge in [0, 0.05) is 25.0 Å². The molecule has 12 heteroatoms. The molecule has 27 heavy (non-hydrogen) atoms. The number of carbonyl (C=O) groups excluding carboxylic acids is 1. The molecule has 3 heterocycles. The van der Waals surface area contributed by atoms with E-state index in [1.54, 1.807) is 0 Å².